The second-order valence-corrected chi connectivity index (χ2v) is 4.82. The quantitative estimate of drug-likeness (QED) is 0.784. The van der Waals surface area contributed by atoms with Crippen molar-refractivity contribution in [1.29, 1.82) is 0 Å². The van der Waals surface area contributed by atoms with E-state index in [9.17, 15) is 0 Å². The first-order chi connectivity index (χ1) is 7.36. The number of hydrogen-bond acceptors (Lipinski definition) is 3. The highest BCUT2D eigenvalue weighted by Crippen LogP contribution is 2.33. The molecular formula is C10H15N3OS. The maximum absolute atomic E-state index is 5.30. The van der Waals surface area contributed by atoms with Crippen molar-refractivity contribution < 1.29 is 4.74 Å². The van der Waals surface area contributed by atoms with Crippen LogP contribution in [-0.4, -0.2) is 28.0 Å². The fourth-order valence-corrected chi connectivity index (χ4v) is 2.79. The average molecular weight is 225 g/mol. The molecule has 82 valence electrons. The first-order valence-electron chi connectivity index (χ1n) is 5.61. The van der Waals surface area contributed by atoms with Crippen molar-refractivity contribution in [3.8, 4) is 0 Å². The van der Waals surface area contributed by atoms with Crippen LogP contribution in [0.2, 0.25) is 0 Å². The monoisotopic (exact) mass is 225 g/mol. The largest absolute Gasteiger partial charge is 0.380 e. The summed E-state index contributed by atoms with van der Waals surface area (Å²) in [6.45, 7) is 1.60. The van der Waals surface area contributed by atoms with Gasteiger partial charge < -0.3 is 9.30 Å². The number of hydrogen-bond donors (Lipinski definition) is 1. The van der Waals surface area contributed by atoms with E-state index in [0.717, 1.165) is 23.8 Å². The van der Waals surface area contributed by atoms with Gasteiger partial charge in [-0.2, -0.15) is 5.10 Å². The third-order valence-electron chi connectivity index (χ3n) is 3.42. The molecule has 0 unspecified atom stereocenters. The van der Waals surface area contributed by atoms with Crippen molar-refractivity contribution >= 4 is 12.2 Å². The molecule has 1 aromatic heterocycles. The molecule has 2 aliphatic rings. The van der Waals surface area contributed by atoms with Gasteiger partial charge in [0.05, 0.1) is 19.1 Å². The molecule has 15 heavy (non-hydrogen) atoms. The van der Waals surface area contributed by atoms with Crippen LogP contribution in [-0.2, 0) is 4.74 Å². The molecule has 0 aromatic carbocycles. The first kappa shape index (κ1) is 9.54. The molecule has 0 spiro atoms. The molecule has 1 N–H and O–H groups in total. The van der Waals surface area contributed by atoms with E-state index >= 15 is 0 Å². The summed E-state index contributed by atoms with van der Waals surface area (Å²) in [7, 11) is 0. The Labute approximate surface area is 93.6 Å². The minimum Gasteiger partial charge on any atom is -0.380 e. The van der Waals surface area contributed by atoms with Gasteiger partial charge in [-0.05, 0) is 25.1 Å². The number of aromatic nitrogens is 3. The van der Waals surface area contributed by atoms with Crippen LogP contribution in [0.3, 0.4) is 0 Å². The summed E-state index contributed by atoms with van der Waals surface area (Å²) < 4.78 is 8.23. The molecule has 1 saturated carbocycles. The topological polar surface area (TPSA) is 42.8 Å². The molecule has 0 atom stereocenters. The third kappa shape index (κ3) is 1.54. The number of rotatable bonds is 2. The van der Waals surface area contributed by atoms with Crippen LogP contribution in [0.25, 0.3) is 0 Å². The Bertz CT molecular complexity index is 401. The number of H-pyrrole nitrogens is 1. The fourth-order valence-electron chi connectivity index (χ4n) is 2.50. The van der Waals surface area contributed by atoms with E-state index in [-0.39, 0.29) is 0 Å². The molecular weight excluding hydrogens is 210 g/mol. The van der Waals surface area contributed by atoms with E-state index in [1.807, 2.05) is 0 Å². The van der Waals surface area contributed by atoms with Crippen molar-refractivity contribution in [3.05, 3.63) is 10.6 Å². The summed E-state index contributed by atoms with van der Waals surface area (Å²) in [5, 5.41) is 7.27. The molecule has 2 heterocycles. The van der Waals surface area contributed by atoms with E-state index in [2.05, 4.69) is 14.8 Å². The van der Waals surface area contributed by atoms with Gasteiger partial charge in [-0.25, -0.2) is 0 Å². The lowest BCUT2D eigenvalue weighted by molar-refractivity contribution is 0.00276. The molecule has 1 aromatic rings. The van der Waals surface area contributed by atoms with Crippen LogP contribution in [0.5, 0.6) is 0 Å². The molecule has 0 bridgehead atoms. The van der Waals surface area contributed by atoms with E-state index < -0.39 is 0 Å². The van der Waals surface area contributed by atoms with E-state index in [0.29, 0.717) is 12.0 Å². The van der Waals surface area contributed by atoms with Crippen LogP contribution >= 0.6 is 12.2 Å². The third-order valence-corrected chi connectivity index (χ3v) is 3.71. The van der Waals surface area contributed by atoms with E-state index in [4.69, 9.17) is 17.0 Å². The van der Waals surface area contributed by atoms with Gasteiger partial charge in [-0.15, -0.1) is 0 Å². The molecule has 1 aliphatic heterocycles. The fraction of sp³-hybridized carbons (Fsp3) is 0.800. The lowest BCUT2D eigenvalue weighted by Crippen LogP contribution is -2.29. The van der Waals surface area contributed by atoms with Gasteiger partial charge in [0.25, 0.3) is 0 Å². The lowest BCUT2D eigenvalue weighted by atomic mass is 10.1. The van der Waals surface area contributed by atoms with E-state index in [1.54, 1.807) is 0 Å². The summed E-state index contributed by atoms with van der Waals surface area (Å²) in [5.41, 5.74) is 0. The highest BCUT2D eigenvalue weighted by atomic mass is 32.1. The van der Waals surface area contributed by atoms with Crippen LogP contribution in [0, 0.1) is 4.77 Å². The first-order valence-corrected chi connectivity index (χ1v) is 6.01. The van der Waals surface area contributed by atoms with Crippen LogP contribution in [0.15, 0.2) is 0 Å². The smallest absolute Gasteiger partial charge is 0.195 e. The zero-order valence-corrected chi connectivity index (χ0v) is 9.42. The molecule has 2 fully saturated rings. The summed E-state index contributed by atoms with van der Waals surface area (Å²) >= 11 is 5.30. The van der Waals surface area contributed by atoms with Gasteiger partial charge in [0.15, 0.2) is 4.77 Å². The molecule has 0 radical (unpaired) electrons. The summed E-state index contributed by atoms with van der Waals surface area (Å²) in [5.74, 6) is 1.57. The molecule has 1 aliphatic carbocycles. The Balaban J connectivity index is 1.96. The van der Waals surface area contributed by atoms with Gasteiger partial charge in [-0.3, -0.25) is 5.10 Å². The average Bonchev–Trinajstić information content (AvgIpc) is 2.72. The SMILES string of the molecule is S=c1[nH]nc(C2COC2)n1C1CCCC1. The maximum Gasteiger partial charge on any atom is 0.195 e. The zero-order chi connectivity index (χ0) is 10.3. The minimum absolute atomic E-state index is 0.457. The van der Waals surface area contributed by atoms with Gasteiger partial charge in [-0.1, -0.05) is 12.8 Å². The Morgan fingerprint density at radius 1 is 1.33 bits per heavy atom. The number of nitrogens with zero attached hydrogens (tertiary/aromatic N) is 2. The van der Waals surface area contributed by atoms with Crippen LogP contribution in [0.1, 0.15) is 43.5 Å². The predicted octanol–water partition coefficient (Wildman–Crippen LogP) is 2.17. The van der Waals surface area contributed by atoms with Crippen LogP contribution < -0.4 is 0 Å². The Kier molecular flexibility index (Phi) is 2.36. The maximum atomic E-state index is 5.30. The lowest BCUT2D eigenvalue weighted by Gasteiger charge is -2.27. The zero-order valence-electron chi connectivity index (χ0n) is 8.61. The van der Waals surface area contributed by atoms with Gasteiger partial charge in [0, 0.05) is 6.04 Å². The van der Waals surface area contributed by atoms with Crippen LogP contribution in [0.4, 0.5) is 0 Å². The molecule has 0 amide bonds. The molecule has 1 saturated heterocycles. The number of aromatic amines is 1. The van der Waals surface area contributed by atoms with Gasteiger partial charge >= 0.3 is 0 Å². The van der Waals surface area contributed by atoms with Crippen molar-refractivity contribution in [2.75, 3.05) is 13.2 Å². The second-order valence-electron chi connectivity index (χ2n) is 4.43. The highest BCUT2D eigenvalue weighted by Gasteiger charge is 2.29. The van der Waals surface area contributed by atoms with Crippen molar-refractivity contribution in [2.24, 2.45) is 0 Å². The normalized spacial score (nSPS) is 23.2. The Morgan fingerprint density at radius 2 is 2.07 bits per heavy atom. The summed E-state index contributed by atoms with van der Waals surface area (Å²) in [6.07, 6.45) is 5.12. The van der Waals surface area contributed by atoms with Crippen molar-refractivity contribution in [1.82, 2.24) is 14.8 Å². The van der Waals surface area contributed by atoms with Crippen molar-refractivity contribution in [2.45, 2.75) is 37.6 Å². The second kappa shape index (κ2) is 3.72. The Morgan fingerprint density at radius 3 is 2.67 bits per heavy atom. The summed E-state index contributed by atoms with van der Waals surface area (Å²) in [4.78, 5) is 0. The highest BCUT2D eigenvalue weighted by molar-refractivity contribution is 7.71. The van der Waals surface area contributed by atoms with Gasteiger partial charge in [0.1, 0.15) is 5.82 Å². The molecule has 5 heteroatoms. The Hall–Kier alpha value is -0.680. The standard InChI is InChI=1S/C10H15N3OS/c15-10-12-11-9(7-5-14-6-7)13(10)8-3-1-2-4-8/h7-8H,1-6H2,(H,12,15). The summed E-state index contributed by atoms with van der Waals surface area (Å²) in [6, 6.07) is 0.576. The predicted molar refractivity (Wildman–Crippen MR) is 58.5 cm³/mol. The molecule has 3 rings (SSSR count). The number of nitrogens with one attached hydrogen (secondary N) is 1. The number of ether oxygens (including phenoxy) is 1. The molecule has 4 nitrogen and oxygen atoms in total. The van der Waals surface area contributed by atoms with Crippen molar-refractivity contribution in [3.63, 3.8) is 0 Å². The van der Waals surface area contributed by atoms with E-state index in [1.165, 1.54) is 25.7 Å². The van der Waals surface area contributed by atoms with Gasteiger partial charge in [0.2, 0.25) is 0 Å². The minimum atomic E-state index is 0.457.